The lowest BCUT2D eigenvalue weighted by Gasteiger charge is -2.34. The number of piperidine rings is 1. The number of hydrogen-bond donors (Lipinski definition) is 0. The Labute approximate surface area is 129 Å². The van der Waals surface area contributed by atoms with Gasteiger partial charge < -0.3 is 4.90 Å². The van der Waals surface area contributed by atoms with Gasteiger partial charge in [0.15, 0.2) is 0 Å². The quantitative estimate of drug-likeness (QED) is 0.752. The minimum absolute atomic E-state index is 0.678. The number of alkyl halides is 1. The van der Waals surface area contributed by atoms with E-state index in [0.717, 1.165) is 11.8 Å². The van der Waals surface area contributed by atoms with Crippen molar-refractivity contribution in [1.82, 2.24) is 4.90 Å². The van der Waals surface area contributed by atoms with Crippen LogP contribution in [-0.4, -0.2) is 35.1 Å². The maximum absolute atomic E-state index is 3.74. The first-order valence-corrected chi connectivity index (χ1v) is 9.22. The molecule has 1 aromatic rings. The molecule has 0 saturated carbocycles. The first-order chi connectivity index (χ1) is 9.24. The van der Waals surface area contributed by atoms with Crippen LogP contribution < -0.4 is 0 Å². The van der Waals surface area contributed by atoms with Gasteiger partial charge in [0.25, 0.3) is 0 Å². The lowest BCUT2D eigenvalue weighted by atomic mass is 9.93. The molecule has 2 aliphatic heterocycles. The van der Waals surface area contributed by atoms with E-state index in [1.165, 1.54) is 43.1 Å². The van der Waals surface area contributed by atoms with Crippen molar-refractivity contribution < 1.29 is 0 Å². The van der Waals surface area contributed by atoms with E-state index in [0.29, 0.717) is 4.83 Å². The molecular weight excluding hydrogens is 318 g/mol. The van der Waals surface area contributed by atoms with Gasteiger partial charge in [-0.1, -0.05) is 41.1 Å². The highest BCUT2D eigenvalue weighted by molar-refractivity contribution is 9.09. The van der Waals surface area contributed by atoms with Crippen molar-refractivity contribution in [3.63, 3.8) is 0 Å². The van der Waals surface area contributed by atoms with Crippen LogP contribution >= 0.6 is 27.7 Å². The number of likely N-dealkylation sites (tertiary alicyclic amines) is 1. The summed E-state index contributed by atoms with van der Waals surface area (Å²) in [7, 11) is 0. The monoisotopic (exact) mass is 339 g/mol. The fourth-order valence-corrected chi connectivity index (χ4v) is 5.06. The maximum Gasteiger partial charge on any atom is 0.0146 e. The molecule has 0 spiro atoms. The highest BCUT2D eigenvalue weighted by Gasteiger charge is 2.28. The van der Waals surface area contributed by atoms with Crippen LogP contribution in [0.3, 0.4) is 0 Å². The molecule has 104 valence electrons. The molecule has 0 amide bonds. The highest BCUT2D eigenvalue weighted by Crippen LogP contribution is 2.40. The van der Waals surface area contributed by atoms with Crippen molar-refractivity contribution in [2.45, 2.75) is 35.4 Å². The van der Waals surface area contributed by atoms with Crippen LogP contribution in [0.1, 0.15) is 31.2 Å². The molecule has 2 aliphatic rings. The van der Waals surface area contributed by atoms with Crippen LogP contribution in [-0.2, 0) is 0 Å². The molecule has 1 fully saturated rings. The summed E-state index contributed by atoms with van der Waals surface area (Å²) in [4.78, 5) is 4.87. The Bertz CT molecular complexity index is 427. The van der Waals surface area contributed by atoms with E-state index >= 15 is 0 Å². The lowest BCUT2D eigenvalue weighted by molar-refractivity contribution is 0.179. The van der Waals surface area contributed by atoms with Gasteiger partial charge in [0.2, 0.25) is 0 Å². The van der Waals surface area contributed by atoms with Crippen molar-refractivity contribution >= 4 is 27.7 Å². The van der Waals surface area contributed by atoms with Gasteiger partial charge >= 0.3 is 0 Å². The van der Waals surface area contributed by atoms with Crippen LogP contribution in [0.2, 0.25) is 0 Å². The zero-order valence-corrected chi connectivity index (χ0v) is 13.9. The number of thioether (sulfide) groups is 1. The highest BCUT2D eigenvalue weighted by atomic mass is 79.9. The van der Waals surface area contributed by atoms with Crippen LogP contribution in [0, 0.1) is 5.92 Å². The van der Waals surface area contributed by atoms with Crippen molar-refractivity contribution in [1.29, 1.82) is 0 Å². The number of nitrogens with zero attached hydrogens (tertiary/aromatic N) is 1. The normalized spacial score (nSPS) is 26.3. The molecule has 3 heteroatoms. The maximum atomic E-state index is 3.74. The van der Waals surface area contributed by atoms with E-state index in [-0.39, 0.29) is 0 Å². The summed E-state index contributed by atoms with van der Waals surface area (Å²) in [6.45, 7) is 6.12. The first-order valence-electron chi connectivity index (χ1n) is 7.32. The zero-order chi connectivity index (χ0) is 13.2. The van der Waals surface area contributed by atoms with Gasteiger partial charge in [-0.2, -0.15) is 0 Å². The first kappa shape index (κ1) is 14.0. The minimum Gasteiger partial charge on any atom is -0.303 e. The summed E-state index contributed by atoms with van der Waals surface area (Å²) in [5.74, 6) is 2.90. The summed E-state index contributed by atoms with van der Waals surface area (Å²) in [6.07, 6.45) is 2.71. The molecule has 0 radical (unpaired) electrons. The van der Waals surface area contributed by atoms with Gasteiger partial charge in [-0.25, -0.2) is 0 Å². The Hall–Kier alpha value is 0.0100. The number of hydrogen-bond acceptors (Lipinski definition) is 2. The SMILES string of the molecule is CC(Br)C1CCN(CC2CSc3ccccc32)CC1. The fraction of sp³-hybridized carbons (Fsp3) is 0.625. The van der Waals surface area contributed by atoms with Gasteiger partial charge in [0.1, 0.15) is 0 Å². The third-order valence-electron chi connectivity index (χ3n) is 4.56. The summed E-state index contributed by atoms with van der Waals surface area (Å²) in [6, 6.07) is 8.96. The Morgan fingerprint density at radius 3 is 2.79 bits per heavy atom. The van der Waals surface area contributed by atoms with Gasteiger partial charge in [-0.15, -0.1) is 11.8 Å². The molecule has 1 saturated heterocycles. The number of rotatable bonds is 3. The molecular formula is C16H22BrNS. The van der Waals surface area contributed by atoms with E-state index in [2.05, 4.69) is 52.0 Å². The molecule has 19 heavy (non-hydrogen) atoms. The number of fused-ring (bicyclic) bond motifs is 1. The average Bonchev–Trinajstić information content (AvgIpc) is 2.83. The van der Waals surface area contributed by atoms with Crippen molar-refractivity contribution in [2.75, 3.05) is 25.4 Å². The second kappa shape index (κ2) is 6.19. The molecule has 0 bridgehead atoms. The number of benzene rings is 1. The average molecular weight is 340 g/mol. The Morgan fingerprint density at radius 1 is 1.32 bits per heavy atom. The fourth-order valence-electron chi connectivity index (χ4n) is 3.29. The lowest BCUT2D eigenvalue weighted by Crippen LogP contribution is -2.38. The summed E-state index contributed by atoms with van der Waals surface area (Å²) >= 11 is 5.78. The summed E-state index contributed by atoms with van der Waals surface area (Å²) < 4.78 is 0. The van der Waals surface area contributed by atoms with Gasteiger partial charge in [0, 0.05) is 27.9 Å². The molecule has 0 N–H and O–H groups in total. The van der Waals surface area contributed by atoms with Crippen LogP contribution in [0.15, 0.2) is 29.2 Å². The molecule has 3 rings (SSSR count). The van der Waals surface area contributed by atoms with Crippen LogP contribution in [0.5, 0.6) is 0 Å². The standard InChI is InChI=1S/C16H22BrNS/c1-12(17)13-6-8-18(9-7-13)10-14-11-19-16-5-3-2-4-15(14)16/h2-5,12-14H,6-11H2,1H3. The second-order valence-corrected chi connectivity index (χ2v) is 8.37. The minimum atomic E-state index is 0.678. The predicted molar refractivity (Wildman–Crippen MR) is 87.5 cm³/mol. The van der Waals surface area contributed by atoms with Crippen molar-refractivity contribution in [2.24, 2.45) is 5.92 Å². The molecule has 2 heterocycles. The van der Waals surface area contributed by atoms with E-state index < -0.39 is 0 Å². The smallest absolute Gasteiger partial charge is 0.0146 e. The zero-order valence-electron chi connectivity index (χ0n) is 11.5. The molecule has 1 aromatic carbocycles. The Balaban J connectivity index is 1.57. The largest absolute Gasteiger partial charge is 0.303 e. The molecule has 0 aliphatic carbocycles. The van der Waals surface area contributed by atoms with E-state index in [1.807, 2.05) is 11.8 Å². The summed E-state index contributed by atoms with van der Waals surface area (Å²) in [5.41, 5.74) is 1.59. The van der Waals surface area contributed by atoms with E-state index in [9.17, 15) is 0 Å². The van der Waals surface area contributed by atoms with Crippen molar-refractivity contribution in [3.8, 4) is 0 Å². The second-order valence-electron chi connectivity index (χ2n) is 5.86. The van der Waals surface area contributed by atoms with Crippen LogP contribution in [0.4, 0.5) is 0 Å². The Morgan fingerprint density at radius 2 is 2.05 bits per heavy atom. The van der Waals surface area contributed by atoms with E-state index in [4.69, 9.17) is 0 Å². The molecule has 1 nitrogen and oxygen atoms in total. The van der Waals surface area contributed by atoms with Crippen molar-refractivity contribution in [3.05, 3.63) is 29.8 Å². The third kappa shape index (κ3) is 3.20. The molecule has 0 aromatic heterocycles. The molecule has 2 atom stereocenters. The molecule has 2 unspecified atom stereocenters. The van der Waals surface area contributed by atoms with Crippen LogP contribution in [0.25, 0.3) is 0 Å². The third-order valence-corrected chi connectivity index (χ3v) is 6.56. The Kier molecular flexibility index (Phi) is 4.55. The van der Waals surface area contributed by atoms with Gasteiger partial charge in [0.05, 0.1) is 0 Å². The summed E-state index contributed by atoms with van der Waals surface area (Å²) in [5, 5.41) is 0. The topological polar surface area (TPSA) is 3.24 Å². The van der Waals surface area contributed by atoms with Gasteiger partial charge in [-0.05, 0) is 43.5 Å². The predicted octanol–water partition coefficient (Wildman–Crippen LogP) is 4.37. The van der Waals surface area contributed by atoms with E-state index in [1.54, 1.807) is 5.56 Å². The number of halogens is 1. The van der Waals surface area contributed by atoms with Gasteiger partial charge in [-0.3, -0.25) is 0 Å².